The molecule has 1 aliphatic rings. The fourth-order valence-electron chi connectivity index (χ4n) is 3.47. The summed E-state index contributed by atoms with van der Waals surface area (Å²) in [5.41, 5.74) is 5.49. The Labute approximate surface area is 185 Å². The number of carboxylic acid groups (broad SMARTS) is 2. The number of nitrogens with two attached hydrogens (primary N) is 1. The summed E-state index contributed by atoms with van der Waals surface area (Å²) in [5.74, 6) is -2.15. The van der Waals surface area contributed by atoms with Gasteiger partial charge in [-0.3, -0.25) is 19.7 Å². The Morgan fingerprint density at radius 3 is 2.60 bits per heavy atom. The molecule has 1 aromatic heterocycles. The lowest BCUT2D eigenvalue weighted by molar-refractivity contribution is -0.145. The predicted octanol–water partition coefficient (Wildman–Crippen LogP) is 2.16. The number of aliphatic carboxylic acids is 2. The topological polar surface area (TPSA) is 133 Å². The van der Waals surface area contributed by atoms with Gasteiger partial charge in [-0.15, -0.1) is 23.1 Å². The first-order valence-corrected chi connectivity index (χ1v) is 12.2. The highest BCUT2D eigenvalue weighted by Gasteiger charge is 2.35. The minimum Gasteiger partial charge on any atom is -0.480 e. The van der Waals surface area contributed by atoms with Crippen LogP contribution in [-0.2, 0) is 14.4 Å². The predicted molar refractivity (Wildman–Crippen MR) is 119 cm³/mol. The molecule has 0 unspecified atom stereocenters. The molecule has 8 nitrogen and oxygen atoms in total. The van der Waals surface area contributed by atoms with E-state index in [4.69, 9.17) is 5.73 Å². The van der Waals surface area contributed by atoms with Crippen LogP contribution in [0, 0.1) is 0 Å². The minimum absolute atomic E-state index is 0.165. The van der Waals surface area contributed by atoms with E-state index < -0.39 is 30.4 Å². The van der Waals surface area contributed by atoms with Crippen molar-refractivity contribution in [1.82, 2.24) is 10.2 Å². The molecule has 168 valence electrons. The number of thiophene rings is 1. The van der Waals surface area contributed by atoms with Crippen LogP contribution < -0.4 is 11.1 Å². The molecule has 5 N–H and O–H groups in total. The Morgan fingerprint density at radius 1 is 1.23 bits per heavy atom. The van der Waals surface area contributed by atoms with Gasteiger partial charge in [0, 0.05) is 17.2 Å². The maximum Gasteiger partial charge on any atom is 0.323 e. The van der Waals surface area contributed by atoms with Gasteiger partial charge in [0.05, 0.1) is 11.3 Å². The van der Waals surface area contributed by atoms with E-state index >= 15 is 0 Å². The smallest absolute Gasteiger partial charge is 0.323 e. The van der Waals surface area contributed by atoms with E-state index in [2.05, 4.69) is 5.32 Å². The summed E-state index contributed by atoms with van der Waals surface area (Å²) in [6.45, 7) is 0.451. The molecule has 1 amide bonds. The quantitative estimate of drug-likeness (QED) is 0.331. The molecule has 0 saturated carbocycles. The van der Waals surface area contributed by atoms with E-state index in [9.17, 15) is 24.6 Å². The average Bonchev–Trinajstić information content (AvgIpc) is 3.17. The van der Waals surface area contributed by atoms with Crippen molar-refractivity contribution in [3.63, 3.8) is 0 Å². The first-order chi connectivity index (χ1) is 14.4. The molecule has 2 rings (SSSR count). The summed E-state index contributed by atoms with van der Waals surface area (Å²) < 4.78 is 0. The van der Waals surface area contributed by atoms with Gasteiger partial charge in [-0.25, -0.2) is 0 Å². The van der Waals surface area contributed by atoms with Crippen molar-refractivity contribution in [3.05, 3.63) is 22.4 Å². The van der Waals surface area contributed by atoms with Gasteiger partial charge in [0.1, 0.15) is 12.6 Å². The van der Waals surface area contributed by atoms with Crippen molar-refractivity contribution in [2.24, 2.45) is 5.73 Å². The molecule has 0 spiro atoms. The van der Waals surface area contributed by atoms with Gasteiger partial charge in [-0.1, -0.05) is 31.7 Å². The Hall–Kier alpha value is -1.62. The molecule has 1 saturated heterocycles. The Bertz CT molecular complexity index is 686. The molecular formula is C20H31N3O5S2. The molecule has 2 heterocycles. The third-order valence-electron chi connectivity index (χ3n) is 5.05. The second-order valence-corrected chi connectivity index (χ2v) is 9.62. The van der Waals surface area contributed by atoms with E-state index in [0.29, 0.717) is 18.7 Å². The summed E-state index contributed by atoms with van der Waals surface area (Å²) in [6.07, 6.45) is 5.31. The second-order valence-electron chi connectivity index (χ2n) is 7.41. The van der Waals surface area contributed by atoms with Crippen molar-refractivity contribution < 1.29 is 24.6 Å². The maximum absolute atomic E-state index is 12.9. The summed E-state index contributed by atoms with van der Waals surface area (Å²) in [7, 11) is 0. The molecule has 1 fully saturated rings. The van der Waals surface area contributed by atoms with Crippen LogP contribution >= 0.6 is 23.1 Å². The highest BCUT2D eigenvalue weighted by atomic mass is 32.2. The molecule has 10 heteroatoms. The SMILES string of the molecule is NCCCCCCC[C@H](N[C@@H]1CN(CC(=O)O)C(=O)[C@@H](c2cccs2)CS1)C(=O)O. The van der Waals surface area contributed by atoms with Gasteiger partial charge in [-0.05, 0) is 30.8 Å². The summed E-state index contributed by atoms with van der Waals surface area (Å²) in [4.78, 5) is 38.2. The van der Waals surface area contributed by atoms with E-state index in [-0.39, 0.29) is 17.8 Å². The highest BCUT2D eigenvalue weighted by Crippen LogP contribution is 2.32. The van der Waals surface area contributed by atoms with Crippen molar-refractivity contribution in [2.45, 2.75) is 55.9 Å². The molecule has 0 radical (unpaired) electrons. The van der Waals surface area contributed by atoms with Crippen LogP contribution in [0.25, 0.3) is 0 Å². The molecule has 0 aliphatic carbocycles. The van der Waals surface area contributed by atoms with Gasteiger partial charge in [0.2, 0.25) is 5.91 Å². The van der Waals surface area contributed by atoms with Gasteiger partial charge in [0.15, 0.2) is 0 Å². The zero-order valence-electron chi connectivity index (χ0n) is 17.0. The lowest BCUT2D eigenvalue weighted by Gasteiger charge is -2.26. The number of thioether (sulfide) groups is 1. The lowest BCUT2D eigenvalue weighted by Crippen LogP contribution is -2.48. The summed E-state index contributed by atoms with van der Waals surface area (Å²) in [5, 5.41) is 23.6. The number of carboxylic acids is 2. The maximum atomic E-state index is 12.9. The van der Waals surface area contributed by atoms with Crippen LogP contribution in [0.4, 0.5) is 0 Å². The zero-order chi connectivity index (χ0) is 21.9. The molecule has 1 aromatic rings. The summed E-state index contributed by atoms with van der Waals surface area (Å²) >= 11 is 2.96. The second kappa shape index (κ2) is 12.9. The molecule has 30 heavy (non-hydrogen) atoms. The van der Waals surface area contributed by atoms with E-state index in [1.54, 1.807) is 0 Å². The summed E-state index contributed by atoms with van der Waals surface area (Å²) in [6, 6.07) is 3.02. The van der Waals surface area contributed by atoms with E-state index in [1.807, 2.05) is 17.5 Å². The van der Waals surface area contributed by atoms with Crippen LogP contribution in [0.15, 0.2) is 17.5 Å². The number of unbranched alkanes of at least 4 members (excludes halogenated alkanes) is 4. The van der Waals surface area contributed by atoms with Gasteiger partial charge in [0.25, 0.3) is 0 Å². The van der Waals surface area contributed by atoms with Gasteiger partial charge < -0.3 is 20.8 Å². The number of hydrogen-bond acceptors (Lipinski definition) is 7. The number of rotatable bonds is 13. The van der Waals surface area contributed by atoms with Crippen molar-refractivity contribution in [1.29, 1.82) is 0 Å². The van der Waals surface area contributed by atoms with Crippen LogP contribution in [0.2, 0.25) is 0 Å². The molecule has 0 aromatic carbocycles. The van der Waals surface area contributed by atoms with Crippen LogP contribution in [0.3, 0.4) is 0 Å². The monoisotopic (exact) mass is 457 g/mol. The number of amides is 1. The first kappa shape index (κ1) is 24.6. The number of carbonyl (C=O) groups is 3. The van der Waals surface area contributed by atoms with Crippen molar-refractivity contribution in [3.8, 4) is 0 Å². The molecule has 1 aliphatic heterocycles. The van der Waals surface area contributed by atoms with E-state index in [0.717, 1.165) is 37.0 Å². The first-order valence-electron chi connectivity index (χ1n) is 10.3. The third-order valence-corrected chi connectivity index (χ3v) is 7.25. The van der Waals surface area contributed by atoms with Gasteiger partial charge in [-0.2, -0.15) is 0 Å². The standard InChI is InChI=1S/C20H31N3O5S2/c21-9-5-3-1-2-4-7-15(20(27)28)22-17-11-23(12-18(24)25)19(26)14(13-30-17)16-8-6-10-29-16/h6,8,10,14-15,17,22H,1-5,7,9,11-13,21H2,(H,24,25)(H,27,28)/t14-,15+,17+/m1/s1. The Kier molecular flexibility index (Phi) is 10.6. The highest BCUT2D eigenvalue weighted by molar-refractivity contribution is 8.00. The largest absolute Gasteiger partial charge is 0.480 e. The van der Waals surface area contributed by atoms with Crippen LogP contribution in [0.1, 0.15) is 49.3 Å². The fraction of sp³-hybridized carbons (Fsp3) is 0.650. The molecular weight excluding hydrogens is 426 g/mol. The average molecular weight is 458 g/mol. The lowest BCUT2D eigenvalue weighted by atomic mass is 10.1. The van der Waals surface area contributed by atoms with Gasteiger partial charge >= 0.3 is 11.9 Å². The third kappa shape index (κ3) is 7.90. The van der Waals surface area contributed by atoms with Crippen LogP contribution in [0.5, 0.6) is 0 Å². The van der Waals surface area contributed by atoms with Crippen LogP contribution in [-0.4, -0.2) is 69.8 Å². The number of carbonyl (C=O) groups excluding carboxylic acids is 1. The van der Waals surface area contributed by atoms with Crippen molar-refractivity contribution in [2.75, 3.05) is 25.4 Å². The van der Waals surface area contributed by atoms with Crippen molar-refractivity contribution >= 4 is 40.9 Å². The fourth-order valence-corrected chi connectivity index (χ4v) is 5.69. The number of hydrogen-bond donors (Lipinski definition) is 4. The zero-order valence-corrected chi connectivity index (χ0v) is 18.6. The number of nitrogens with one attached hydrogen (secondary N) is 1. The normalized spacial score (nSPS) is 20.7. The Morgan fingerprint density at radius 2 is 1.97 bits per heavy atom. The minimum atomic E-state index is -1.08. The van der Waals surface area contributed by atoms with E-state index in [1.165, 1.54) is 28.0 Å². The molecule has 3 atom stereocenters. The molecule has 0 bridgehead atoms. The Balaban J connectivity index is 1.99. The number of nitrogens with zero attached hydrogens (tertiary/aromatic N) is 1.